The summed E-state index contributed by atoms with van der Waals surface area (Å²) in [7, 11) is -5.46. The van der Waals surface area contributed by atoms with Gasteiger partial charge in [0, 0.05) is 13.0 Å². The van der Waals surface area contributed by atoms with Crippen molar-refractivity contribution in [1.82, 2.24) is 0 Å². The van der Waals surface area contributed by atoms with E-state index in [9.17, 15) is 26.8 Å². The number of halogens is 2. The number of benzene rings is 1. The van der Waals surface area contributed by atoms with Gasteiger partial charge in [0.1, 0.15) is 11.2 Å². The molecule has 0 heterocycles. The molecule has 0 radical (unpaired) electrons. The van der Waals surface area contributed by atoms with E-state index in [2.05, 4.69) is 33.9 Å². The lowest BCUT2D eigenvalue weighted by molar-refractivity contribution is -0.162. The first-order valence-electron chi connectivity index (χ1n) is 15.6. The SMILES string of the molecule is CCOC(=O)C(Cc1cccc(C(C)(CCCC(C)(C)CS(=O)(=O)CCO[Si](C)(C)C(C)(C)C)C(=O)OC(C)(C)C)c1)=C(F)F. The van der Waals surface area contributed by atoms with Crippen molar-refractivity contribution >= 4 is 30.1 Å². The summed E-state index contributed by atoms with van der Waals surface area (Å²) >= 11 is 0. The van der Waals surface area contributed by atoms with Gasteiger partial charge in [-0.1, -0.05) is 65.3 Å². The highest BCUT2D eigenvalue weighted by molar-refractivity contribution is 7.91. The van der Waals surface area contributed by atoms with Gasteiger partial charge in [0.2, 0.25) is 0 Å². The predicted octanol–water partition coefficient (Wildman–Crippen LogP) is 8.18. The molecule has 0 aromatic heterocycles. The lowest BCUT2D eigenvalue weighted by Gasteiger charge is -2.36. The van der Waals surface area contributed by atoms with Crippen LogP contribution in [0.25, 0.3) is 0 Å². The molecule has 258 valence electrons. The Morgan fingerprint density at radius 2 is 1.53 bits per heavy atom. The molecule has 45 heavy (non-hydrogen) atoms. The maximum Gasteiger partial charge on any atom is 0.339 e. The quantitative estimate of drug-likeness (QED) is 0.0992. The summed E-state index contributed by atoms with van der Waals surface area (Å²) in [5.41, 5.74) is -2.24. The zero-order chi connectivity index (χ0) is 35.1. The maximum atomic E-state index is 13.6. The molecule has 0 N–H and O–H groups in total. The van der Waals surface area contributed by atoms with Gasteiger partial charge in [0.25, 0.3) is 6.08 Å². The lowest BCUT2D eigenvalue weighted by Crippen LogP contribution is -2.42. The fourth-order valence-corrected chi connectivity index (χ4v) is 7.73. The van der Waals surface area contributed by atoms with Gasteiger partial charge in [-0.2, -0.15) is 8.78 Å². The first-order chi connectivity index (χ1) is 20.3. The zero-order valence-electron chi connectivity index (χ0n) is 29.5. The van der Waals surface area contributed by atoms with E-state index in [4.69, 9.17) is 13.9 Å². The molecule has 0 aliphatic rings. The summed E-state index contributed by atoms with van der Waals surface area (Å²) in [6, 6.07) is 6.66. The van der Waals surface area contributed by atoms with E-state index in [0.717, 1.165) is 0 Å². The van der Waals surface area contributed by atoms with E-state index in [1.165, 1.54) is 0 Å². The molecule has 1 aromatic rings. The third-order valence-electron chi connectivity index (χ3n) is 8.35. The highest BCUT2D eigenvalue weighted by atomic mass is 32.2. The van der Waals surface area contributed by atoms with E-state index in [1.807, 2.05) is 13.8 Å². The smallest absolute Gasteiger partial charge is 0.339 e. The van der Waals surface area contributed by atoms with Crippen LogP contribution in [0.2, 0.25) is 18.1 Å². The van der Waals surface area contributed by atoms with Crippen LogP contribution in [0.3, 0.4) is 0 Å². The Morgan fingerprint density at radius 3 is 2.04 bits per heavy atom. The Bertz CT molecular complexity index is 1300. The Balaban J connectivity index is 3.17. The monoisotopic (exact) mass is 674 g/mol. The molecule has 11 heteroatoms. The van der Waals surface area contributed by atoms with Gasteiger partial charge >= 0.3 is 11.9 Å². The maximum absolute atomic E-state index is 13.6. The number of rotatable bonds is 16. The summed E-state index contributed by atoms with van der Waals surface area (Å²) in [6.45, 7) is 23.1. The molecule has 0 saturated heterocycles. The van der Waals surface area contributed by atoms with E-state index in [-0.39, 0.29) is 36.2 Å². The fourth-order valence-electron chi connectivity index (χ4n) is 4.72. The molecular weight excluding hydrogens is 619 g/mol. The van der Waals surface area contributed by atoms with Crippen molar-refractivity contribution in [2.45, 2.75) is 124 Å². The second-order valence-electron chi connectivity index (χ2n) is 15.4. The highest BCUT2D eigenvalue weighted by Crippen LogP contribution is 2.38. The second kappa shape index (κ2) is 15.7. The number of hydrogen-bond acceptors (Lipinski definition) is 7. The van der Waals surface area contributed by atoms with Crippen molar-refractivity contribution in [3.8, 4) is 0 Å². The summed E-state index contributed by atoms with van der Waals surface area (Å²) in [5.74, 6) is -1.62. The van der Waals surface area contributed by atoms with Crippen LogP contribution < -0.4 is 0 Å². The van der Waals surface area contributed by atoms with E-state index in [1.54, 1.807) is 58.9 Å². The van der Waals surface area contributed by atoms with Crippen molar-refractivity contribution in [3.05, 3.63) is 47.0 Å². The molecule has 1 atom stereocenters. The van der Waals surface area contributed by atoms with Crippen LogP contribution in [0, 0.1) is 5.41 Å². The number of esters is 2. The topological polar surface area (TPSA) is 96.0 Å². The fraction of sp³-hybridized carbons (Fsp3) is 0.706. The Morgan fingerprint density at radius 1 is 0.933 bits per heavy atom. The highest BCUT2D eigenvalue weighted by Gasteiger charge is 2.40. The van der Waals surface area contributed by atoms with E-state index in [0.29, 0.717) is 30.4 Å². The largest absolute Gasteiger partial charge is 0.462 e. The molecule has 1 rings (SSSR count). The van der Waals surface area contributed by atoms with Crippen molar-refractivity contribution in [3.63, 3.8) is 0 Å². The molecule has 0 bridgehead atoms. The lowest BCUT2D eigenvalue weighted by atomic mass is 9.75. The zero-order valence-corrected chi connectivity index (χ0v) is 31.3. The summed E-state index contributed by atoms with van der Waals surface area (Å²) in [6.07, 6.45) is -1.10. The number of sulfone groups is 1. The van der Waals surface area contributed by atoms with Gasteiger partial charge in [-0.3, -0.25) is 4.79 Å². The molecule has 0 aliphatic heterocycles. The summed E-state index contributed by atoms with van der Waals surface area (Å²) < 4.78 is 70.1. The van der Waals surface area contributed by atoms with Crippen LogP contribution in [0.1, 0.15) is 99.6 Å². The average Bonchev–Trinajstić information content (AvgIpc) is 2.84. The standard InChI is InChI=1S/C34H56F2O7SSi/c1-13-41-29(37)27(28(35)36)23-25-16-14-17-26(22-25)34(10,30(38)43-31(2,3)4)19-15-18-33(8,9)24-44(39,40)21-20-42-45(11,12)32(5,6)7/h14,16-17,22H,13,15,18-21,23-24H2,1-12H3. The van der Waals surface area contributed by atoms with Crippen LogP contribution in [-0.2, 0) is 45.2 Å². The van der Waals surface area contributed by atoms with Crippen LogP contribution in [-0.4, -0.2) is 59.0 Å². The molecule has 0 amide bonds. The number of carbonyl (C=O) groups excluding carboxylic acids is 2. The molecular formula is C34H56F2O7SSi. The molecule has 1 aromatic carbocycles. The molecule has 0 aliphatic carbocycles. The molecule has 0 fully saturated rings. The van der Waals surface area contributed by atoms with Crippen LogP contribution in [0.4, 0.5) is 8.78 Å². The van der Waals surface area contributed by atoms with Gasteiger partial charge in [0.15, 0.2) is 18.2 Å². The minimum atomic E-state index is -3.40. The third-order valence-corrected chi connectivity index (χ3v) is 14.9. The van der Waals surface area contributed by atoms with E-state index < -0.39 is 58.2 Å². The average molecular weight is 675 g/mol. The predicted molar refractivity (Wildman–Crippen MR) is 179 cm³/mol. The van der Waals surface area contributed by atoms with Gasteiger partial charge < -0.3 is 13.9 Å². The summed E-state index contributed by atoms with van der Waals surface area (Å²) in [4.78, 5) is 25.8. The Labute approximate surface area is 271 Å². The Hall–Kier alpha value is -2.11. The number of hydrogen-bond donors (Lipinski definition) is 0. The van der Waals surface area contributed by atoms with Gasteiger partial charge in [0.05, 0.1) is 23.5 Å². The van der Waals surface area contributed by atoms with Crippen molar-refractivity contribution < 1.29 is 40.7 Å². The Kier molecular flexibility index (Phi) is 14.2. The second-order valence-corrected chi connectivity index (χ2v) is 22.4. The van der Waals surface area contributed by atoms with Crippen molar-refractivity contribution in [2.75, 3.05) is 24.7 Å². The van der Waals surface area contributed by atoms with Gasteiger partial charge in [-0.05, 0) is 82.1 Å². The van der Waals surface area contributed by atoms with Crippen molar-refractivity contribution in [2.24, 2.45) is 5.41 Å². The first-order valence-corrected chi connectivity index (χ1v) is 20.4. The molecule has 7 nitrogen and oxygen atoms in total. The van der Waals surface area contributed by atoms with Crippen LogP contribution >= 0.6 is 0 Å². The molecule has 1 unspecified atom stereocenters. The normalized spacial score (nSPS) is 14.4. The van der Waals surface area contributed by atoms with Gasteiger partial charge in [-0.15, -0.1) is 0 Å². The minimum Gasteiger partial charge on any atom is -0.462 e. The molecule has 0 spiro atoms. The number of ether oxygens (including phenoxy) is 2. The van der Waals surface area contributed by atoms with Gasteiger partial charge in [-0.25, -0.2) is 13.2 Å². The first kappa shape index (κ1) is 40.9. The van der Waals surface area contributed by atoms with Crippen LogP contribution in [0.5, 0.6) is 0 Å². The summed E-state index contributed by atoms with van der Waals surface area (Å²) in [5, 5.41) is -0.0142. The third kappa shape index (κ3) is 13.3. The van der Waals surface area contributed by atoms with Crippen molar-refractivity contribution in [1.29, 1.82) is 0 Å². The van der Waals surface area contributed by atoms with Crippen LogP contribution in [0.15, 0.2) is 35.9 Å². The molecule has 0 saturated carbocycles. The van der Waals surface area contributed by atoms with E-state index >= 15 is 0 Å². The minimum absolute atomic E-state index is 0.0142. The number of carbonyl (C=O) groups is 2.